The largest absolute Gasteiger partial charge is 0.710 e. The van der Waals surface area contributed by atoms with Crippen LogP contribution in [0.4, 0.5) is 5.82 Å². The van der Waals surface area contributed by atoms with Crippen LogP contribution in [0.25, 0.3) is 0 Å². The highest BCUT2D eigenvalue weighted by atomic mass is 16.5. The van der Waals surface area contributed by atoms with Gasteiger partial charge in [-0.05, 0) is 6.42 Å². The van der Waals surface area contributed by atoms with Crippen molar-refractivity contribution in [3.63, 3.8) is 0 Å². The second-order valence-corrected chi connectivity index (χ2v) is 2.29. The monoisotopic (exact) mass is 154 g/mol. The average Bonchev–Trinajstić information content (AvgIpc) is 1.97. The summed E-state index contributed by atoms with van der Waals surface area (Å²) in [5.74, 6) is 0.108. The SMILES string of the molecule is CCc1cc(N)[n+]([O-])cc1O. The number of anilines is 1. The number of nitrogen functional groups attached to an aromatic ring is 1. The second-order valence-electron chi connectivity index (χ2n) is 2.29. The first kappa shape index (κ1) is 7.65. The van der Waals surface area contributed by atoms with Crippen LogP contribution in [0.3, 0.4) is 0 Å². The zero-order valence-corrected chi connectivity index (χ0v) is 6.24. The third-order valence-corrected chi connectivity index (χ3v) is 1.53. The smallest absolute Gasteiger partial charge is 0.275 e. The first-order chi connectivity index (χ1) is 5.15. The van der Waals surface area contributed by atoms with Crippen molar-refractivity contribution in [2.45, 2.75) is 13.3 Å². The Balaban J connectivity index is 3.21. The Morgan fingerprint density at radius 1 is 1.73 bits per heavy atom. The number of nitrogens with zero attached hydrogens (tertiary/aromatic N) is 1. The molecule has 0 bridgehead atoms. The summed E-state index contributed by atoms with van der Waals surface area (Å²) >= 11 is 0. The van der Waals surface area contributed by atoms with Gasteiger partial charge in [0.05, 0.1) is 0 Å². The number of hydrogen-bond acceptors (Lipinski definition) is 3. The van der Waals surface area contributed by atoms with Crippen LogP contribution in [0, 0.1) is 5.21 Å². The summed E-state index contributed by atoms with van der Waals surface area (Å²) in [6.45, 7) is 1.88. The molecule has 1 heterocycles. The number of hydrogen-bond donors (Lipinski definition) is 2. The summed E-state index contributed by atoms with van der Waals surface area (Å²) in [6.07, 6.45) is 1.73. The maximum atomic E-state index is 10.7. The van der Waals surface area contributed by atoms with Crippen LogP contribution in [0.5, 0.6) is 5.75 Å². The molecule has 0 atom stereocenters. The van der Waals surface area contributed by atoms with Crippen molar-refractivity contribution in [2.75, 3.05) is 5.73 Å². The Morgan fingerprint density at radius 3 is 2.91 bits per heavy atom. The van der Waals surface area contributed by atoms with E-state index in [9.17, 15) is 5.21 Å². The Bertz CT molecular complexity index is 273. The lowest BCUT2D eigenvalue weighted by atomic mass is 10.2. The van der Waals surface area contributed by atoms with Crippen LogP contribution in [0.2, 0.25) is 0 Å². The quantitative estimate of drug-likeness (QED) is 0.447. The molecule has 3 N–H and O–H groups in total. The van der Waals surface area contributed by atoms with Crippen LogP contribution in [-0.4, -0.2) is 5.11 Å². The van der Waals surface area contributed by atoms with Gasteiger partial charge in [-0.2, -0.15) is 0 Å². The lowest BCUT2D eigenvalue weighted by Gasteiger charge is -2.07. The molecule has 0 saturated heterocycles. The molecule has 0 aromatic carbocycles. The number of nitrogens with two attached hydrogens (primary N) is 1. The molecule has 0 aliphatic heterocycles. The molecule has 1 rings (SSSR count). The van der Waals surface area contributed by atoms with E-state index in [4.69, 9.17) is 10.8 Å². The number of aromatic nitrogens is 1. The van der Waals surface area contributed by atoms with E-state index in [1.54, 1.807) is 0 Å². The predicted molar refractivity (Wildman–Crippen MR) is 40.9 cm³/mol. The molecule has 0 aliphatic carbocycles. The molecule has 1 aromatic rings. The second kappa shape index (κ2) is 2.65. The number of pyridine rings is 1. The van der Waals surface area contributed by atoms with Crippen LogP contribution >= 0.6 is 0 Å². The zero-order chi connectivity index (χ0) is 8.43. The maximum absolute atomic E-state index is 10.7. The first-order valence-electron chi connectivity index (χ1n) is 3.35. The molecule has 0 aliphatic rings. The highest BCUT2D eigenvalue weighted by molar-refractivity contribution is 5.35. The van der Waals surface area contributed by atoms with Gasteiger partial charge >= 0.3 is 0 Å². The first-order valence-corrected chi connectivity index (χ1v) is 3.35. The van der Waals surface area contributed by atoms with Crippen LogP contribution in [-0.2, 0) is 6.42 Å². The Morgan fingerprint density at radius 2 is 2.36 bits per heavy atom. The highest BCUT2D eigenvalue weighted by Crippen LogP contribution is 2.15. The molecule has 4 nitrogen and oxygen atoms in total. The van der Waals surface area contributed by atoms with Crippen LogP contribution < -0.4 is 10.5 Å². The van der Waals surface area contributed by atoms with Gasteiger partial charge in [-0.15, -0.1) is 0 Å². The van der Waals surface area contributed by atoms with Crippen molar-refractivity contribution in [3.8, 4) is 5.75 Å². The minimum Gasteiger partial charge on any atom is -0.710 e. The van der Waals surface area contributed by atoms with Crippen molar-refractivity contribution >= 4 is 5.82 Å². The summed E-state index contributed by atoms with van der Waals surface area (Å²) in [5, 5.41) is 19.9. The topological polar surface area (TPSA) is 73.2 Å². The molecule has 0 saturated carbocycles. The lowest BCUT2D eigenvalue weighted by Crippen LogP contribution is -2.29. The molecule has 0 fully saturated rings. The normalized spacial score (nSPS) is 9.91. The van der Waals surface area contributed by atoms with Crippen molar-refractivity contribution < 1.29 is 9.84 Å². The van der Waals surface area contributed by atoms with Crippen LogP contribution in [0.15, 0.2) is 12.3 Å². The molecule has 4 heteroatoms. The summed E-state index contributed by atoms with van der Waals surface area (Å²) in [4.78, 5) is 0. The van der Waals surface area contributed by atoms with Gasteiger partial charge in [0.15, 0.2) is 5.75 Å². The summed E-state index contributed by atoms with van der Waals surface area (Å²) in [7, 11) is 0. The van der Waals surface area contributed by atoms with Gasteiger partial charge in [0, 0.05) is 11.6 Å². The van der Waals surface area contributed by atoms with E-state index in [2.05, 4.69) is 0 Å². The van der Waals surface area contributed by atoms with Gasteiger partial charge in [0.2, 0.25) is 0 Å². The number of aromatic hydroxyl groups is 1. The van der Waals surface area contributed by atoms with Crippen molar-refractivity contribution in [1.82, 2.24) is 0 Å². The van der Waals surface area contributed by atoms with Crippen LogP contribution in [0.1, 0.15) is 12.5 Å². The summed E-state index contributed by atoms with van der Waals surface area (Å²) in [5.41, 5.74) is 5.99. The van der Waals surface area contributed by atoms with Gasteiger partial charge in [-0.1, -0.05) is 6.92 Å². The van der Waals surface area contributed by atoms with Crippen molar-refractivity contribution in [1.29, 1.82) is 0 Å². The minimum atomic E-state index is -0.00306. The third-order valence-electron chi connectivity index (χ3n) is 1.53. The van der Waals surface area contributed by atoms with Gasteiger partial charge in [0.1, 0.15) is 6.20 Å². The molecular weight excluding hydrogens is 144 g/mol. The Kier molecular flexibility index (Phi) is 1.85. The van der Waals surface area contributed by atoms with Gasteiger partial charge in [-0.3, -0.25) is 5.73 Å². The fraction of sp³-hybridized carbons (Fsp3) is 0.286. The molecule has 11 heavy (non-hydrogen) atoms. The summed E-state index contributed by atoms with van der Waals surface area (Å²) < 4.78 is 0.439. The Hall–Kier alpha value is -1.45. The maximum Gasteiger partial charge on any atom is 0.275 e. The molecule has 0 radical (unpaired) electrons. The summed E-state index contributed by atoms with van der Waals surface area (Å²) in [6, 6.07) is 1.47. The van der Waals surface area contributed by atoms with Gasteiger partial charge < -0.3 is 10.3 Å². The van der Waals surface area contributed by atoms with E-state index in [-0.39, 0.29) is 11.6 Å². The Labute approximate surface area is 64.5 Å². The van der Waals surface area contributed by atoms with Crippen molar-refractivity contribution in [2.24, 2.45) is 0 Å². The standard InChI is InChI=1S/C7H10N2O2/c1-2-5-3-7(8)9(11)4-6(5)10/h3-4,10H,2,8H2,1H3. The predicted octanol–water partition coefficient (Wildman–Crippen LogP) is 0.170. The zero-order valence-electron chi connectivity index (χ0n) is 6.24. The third kappa shape index (κ3) is 1.34. The van der Waals surface area contributed by atoms with Gasteiger partial charge in [-0.25, -0.2) is 4.73 Å². The fourth-order valence-corrected chi connectivity index (χ4v) is 0.868. The van der Waals surface area contributed by atoms with Crippen molar-refractivity contribution in [3.05, 3.63) is 23.0 Å². The minimum absolute atomic E-state index is 0.00306. The van der Waals surface area contributed by atoms with Gasteiger partial charge in [0.25, 0.3) is 5.82 Å². The molecule has 1 aromatic heterocycles. The van der Waals surface area contributed by atoms with E-state index in [0.29, 0.717) is 16.7 Å². The van der Waals surface area contributed by atoms with E-state index in [1.807, 2.05) is 6.92 Å². The number of rotatable bonds is 1. The molecule has 0 unspecified atom stereocenters. The average molecular weight is 154 g/mol. The lowest BCUT2D eigenvalue weighted by molar-refractivity contribution is -0.590. The molecular formula is C7H10N2O2. The highest BCUT2D eigenvalue weighted by Gasteiger charge is 2.04. The molecule has 0 amide bonds. The van der Waals surface area contributed by atoms with E-state index in [0.717, 1.165) is 6.20 Å². The number of aryl methyl sites for hydroxylation is 1. The van der Waals surface area contributed by atoms with E-state index in [1.165, 1.54) is 6.07 Å². The van der Waals surface area contributed by atoms with E-state index >= 15 is 0 Å². The van der Waals surface area contributed by atoms with E-state index < -0.39 is 0 Å². The molecule has 60 valence electrons. The fourth-order valence-electron chi connectivity index (χ4n) is 0.868. The molecule has 0 spiro atoms.